The van der Waals surface area contributed by atoms with Gasteiger partial charge in [-0.15, -0.1) is 0 Å². The average molecular weight is 453 g/mol. The Morgan fingerprint density at radius 3 is 1.25 bits per heavy atom. The van der Waals surface area contributed by atoms with E-state index in [4.69, 9.17) is 0 Å². The summed E-state index contributed by atoms with van der Waals surface area (Å²) in [5.74, 6) is -0.0728. The van der Waals surface area contributed by atoms with E-state index in [2.05, 4.69) is 20.8 Å². The van der Waals surface area contributed by atoms with Gasteiger partial charge in [-0.1, -0.05) is 162 Å². The van der Waals surface area contributed by atoms with E-state index in [0.717, 1.165) is 25.7 Å². The van der Waals surface area contributed by atoms with Crippen LogP contribution in [0.4, 0.5) is 0 Å². The molecule has 0 heterocycles. The maximum atomic E-state index is 11.6. The van der Waals surface area contributed by atoms with Gasteiger partial charge < -0.3 is 5.11 Å². The SMILES string of the molecule is CCCCCCCCCCCCCCCCCCCCC(CC(CC)CCCC)C(=O)O. The molecule has 0 aromatic carbocycles. The van der Waals surface area contributed by atoms with Gasteiger partial charge in [-0.3, -0.25) is 4.79 Å². The molecule has 0 fully saturated rings. The van der Waals surface area contributed by atoms with Crippen LogP contribution in [0.2, 0.25) is 0 Å². The van der Waals surface area contributed by atoms with Crippen molar-refractivity contribution in [3.8, 4) is 0 Å². The van der Waals surface area contributed by atoms with Gasteiger partial charge in [0.25, 0.3) is 0 Å². The van der Waals surface area contributed by atoms with Crippen LogP contribution in [0.25, 0.3) is 0 Å². The summed E-state index contributed by atoms with van der Waals surface area (Å²) in [6, 6.07) is 0. The summed E-state index contributed by atoms with van der Waals surface area (Å²) in [5, 5.41) is 9.59. The molecule has 0 spiro atoms. The van der Waals surface area contributed by atoms with Crippen LogP contribution in [-0.2, 0) is 4.79 Å². The predicted octanol–water partition coefficient (Wildman–Crippen LogP) is 10.7. The minimum Gasteiger partial charge on any atom is -0.481 e. The molecule has 2 nitrogen and oxygen atoms in total. The van der Waals surface area contributed by atoms with Crippen molar-refractivity contribution in [2.75, 3.05) is 0 Å². The second-order valence-electron chi connectivity index (χ2n) is 10.5. The van der Waals surface area contributed by atoms with Crippen molar-refractivity contribution in [1.82, 2.24) is 0 Å². The minimum atomic E-state index is -0.563. The highest BCUT2D eigenvalue weighted by molar-refractivity contribution is 5.69. The summed E-state index contributed by atoms with van der Waals surface area (Å²) >= 11 is 0. The normalized spacial score (nSPS) is 13.3. The van der Waals surface area contributed by atoms with Crippen molar-refractivity contribution in [2.45, 2.75) is 175 Å². The summed E-state index contributed by atoms with van der Waals surface area (Å²) in [5.41, 5.74) is 0. The Morgan fingerprint density at radius 2 is 0.906 bits per heavy atom. The average Bonchev–Trinajstić information content (AvgIpc) is 2.79. The number of hydrogen-bond donors (Lipinski definition) is 1. The smallest absolute Gasteiger partial charge is 0.306 e. The van der Waals surface area contributed by atoms with E-state index >= 15 is 0 Å². The summed E-state index contributed by atoms with van der Waals surface area (Å²) in [4.78, 5) is 11.6. The summed E-state index contributed by atoms with van der Waals surface area (Å²) < 4.78 is 0. The number of aliphatic carboxylic acids is 1. The van der Waals surface area contributed by atoms with E-state index in [9.17, 15) is 9.90 Å². The van der Waals surface area contributed by atoms with E-state index < -0.39 is 5.97 Å². The van der Waals surface area contributed by atoms with E-state index in [-0.39, 0.29) is 5.92 Å². The van der Waals surface area contributed by atoms with Crippen LogP contribution in [0, 0.1) is 11.8 Å². The lowest BCUT2D eigenvalue weighted by molar-refractivity contribution is -0.142. The van der Waals surface area contributed by atoms with Gasteiger partial charge in [0, 0.05) is 0 Å². The first kappa shape index (κ1) is 31.5. The molecule has 32 heavy (non-hydrogen) atoms. The highest BCUT2D eigenvalue weighted by Crippen LogP contribution is 2.25. The van der Waals surface area contributed by atoms with Crippen molar-refractivity contribution in [2.24, 2.45) is 11.8 Å². The Morgan fingerprint density at radius 1 is 0.531 bits per heavy atom. The van der Waals surface area contributed by atoms with Crippen molar-refractivity contribution >= 4 is 5.97 Å². The Bertz CT molecular complexity index is 379. The van der Waals surface area contributed by atoms with Crippen LogP contribution in [0.3, 0.4) is 0 Å². The van der Waals surface area contributed by atoms with Crippen molar-refractivity contribution < 1.29 is 9.90 Å². The number of carboxylic acid groups (broad SMARTS) is 1. The molecule has 2 unspecified atom stereocenters. The van der Waals surface area contributed by atoms with Crippen LogP contribution in [-0.4, -0.2) is 11.1 Å². The minimum absolute atomic E-state index is 0.113. The fourth-order valence-electron chi connectivity index (χ4n) is 5.02. The summed E-state index contributed by atoms with van der Waals surface area (Å²) in [7, 11) is 0. The van der Waals surface area contributed by atoms with Gasteiger partial charge in [0.15, 0.2) is 0 Å². The summed E-state index contributed by atoms with van der Waals surface area (Å²) in [6.45, 7) is 6.73. The van der Waals surface area contributed by atoms with Crippen LogP contribution < -0.4 is 0 Å². The van der Waals surface area contributed by atoms with E-state index in [1.807, 2.05) is 0 Å². The number of carboxylic acids is 1. The lowest BCUT2D eigenvalue weighted by Crippen LogP contribution is -2.18. The molecule has 0 amide bonds. The molecule has 0 aliphatic rings. The molecule has 0 radical (unpaired) electrons. The lowest BCUT2D eigenvalue weighted by Gasteiger charge is -2.19. The molecular weight excluding hydrogens is 392 g/mol. The van der Waals surface area contributed by atoms with Crippen molar-refractivity contribution in [1.29, 1.82) is 0 Å². The number of rotatable bonds is 26. The third-order valence-electron chi connectivity index (χ3n) is 7.42. The fourth-order valence-corrected chi connectivity index (χ4v) is 5.02. The van der Waals surface area contributed by atoms with Gasteiger partial charge in [0.2, 0.25) is 0 Å². The third-order valence-corrected chi connectivity index (χ3v) is 7.42. The first-order valence-electron chi connectivity index (χ1n) is 14.9. The quantitative estimate of drug-likeness (QED) is 0.132. The highest BCUT2D eigenvalue weighted by Gasteiger charge is 2.21. The number of carbonyl (C=O) groups is 1. The van der Waals surface area contributed by atoms with Gasteiger partial charge in [0.1, 0.15) is 0 Å². The monoisotopic (exact) mass is 452 g/mol. The second-order valence-corrected chi connectivity index (χ2v) is 10.5. The largest absolute Gasteiger partial charge is 0.481 e. The molecular formula is C30H60O2. The summed E-state index contributed by atoms with van der Waals surface area (Å²) in [6.07, 6.45) is 31.5. The fraction of sp³-hybridized carbons (Fsp3) is 0.967. The van der Waals surface area contributed by atoms with Gasteiger partial charge in [0.05, 0.1) is 5.92 Å². The Hall–Kier alpha value is -0.530. The zero-order valence-corrected chi connectivity index (χ0v) is 22.5. The molecule has 0 rings (SSSR count). The molecule has 0 aromatic heterocycles. The van der Waals surface area contributed by atoms with Gasteiger partial charge in [-0.05, 0) is 18.8 Å². The first-order chi connectivity index (χ1) is 15.7. The molecule has 0 saturated carbocycles. The number of unbranched alkanes of at least 4 members (excludes halogenated alkanes) is 18. The Labute approximate surface area is 202 Å². The Kier molecular flexibility index (Phi) is 24.7. The number of hydrogen-bond acceptors (Lipinski definition) is 1. The van der Waals surface area contributed by atoms with Crippen LogP contribution in [0.1, 0.15) is 175 Å². The van der Waals surface area contributed by atoms with Crippen LogP contribution >= 0.6 is 0 Å². The highest BCUT2D eigenvalue weighted by atomic mass is 16.4. The lowest BCUT2D eigenvalue weighted by atomic mass is 9.86. The van der Waals surface area contributed by atoms with Crippen LogP contribution in [0.15, 0.2) is 0 Å². The predicted molar refractivity (Wildman–Crippen MR) is 142 cm³/mol. The first-order valence-corrected chi connectivity index (χ1v) is 14.9. The molecule has 192 valence electrons. The molecule has 0 aromatic rings. The topological polar surface area (TPSA) is 37.3 Å². The van der Waals surface area contributed by atoms with Gasteiger partial charge in [-0.25, -0.2) is 0 Å². The van der Waals surface area contributed by atoms with Gasteiger partial charge in [-0.2, -0.15) is 0 Å². The van der Waals surface area contributed by atoms with E-state index in [1.165, 1.54) is 128 Å². The standard InChI is InChI=1S/C30H60O2/c1-4-7-9-10-11-12-13-14-15-16-17-18-19-20-21-22-23-24-26-29(30(31)32)27-28(6-3)25-8-5-2/h28-29H,4-27H2,1-3H3,(H,31,32). The van der Waals surface area contributed by atoms with Gasteiger partial charge >= 0.3 is 5.97 Å². The van der Waals surface area contributed by atoms with E-state index in [0.29, 0.717) is 5.92 Å². The second kappa shape index (κ2) is 25.1. The molecule has 2 atom stereocenters. The maximum absolute atomic E-state index is 11.6. The molecule has 0 bridgehead atoms. The van der Waals surface area contributed by atoms with Crippen LogP contribution in [0.5, 0.6) is 0 Å². The molecule has 0 aliphatic heterocycles. The zero-order chi connectivity index (χ0) is 23.7. The Balaban J connectivity index is 3.45. The zero-order valence-electron chi connectivity index (χ0n) is 22.5. The molecule has 2 heteroatoms. The maximum Gasteiger partial charge on any atom is 0.306 e. The molecule has 0 saturated heterocycles. The third kappa shape index (κ3) is 21.3. The molecule has 0 aliphatic carbocycles. The molecule has 1 N–H and O–H groups in total. The van der Waals surface area contributed by atoms with Crippen molar-refractivity contribution in [3.05, 3.63) is 0 Å². The van der Waals surface area contributed by atoms with E-state index in [1.54, 1.807) is 0 Å². The van der Waals surface area contributed by atoms with Crippen molar-refractivity contribution in [3.63, 3.8) is 0 Å².